The molecule has 1 aliphatic rings. The highest BCUT2D eigenvalue weighted by Crippen LogP contribution is 2.32. The Morgan fingerprint density at radius 3 is 2.73 bits per heavy atom. The topological polar surface area (TPSA) is 98.2 Å². The third kappa shape index (κ3) is 6.02. The molecule has 0 aliphatic carbocycles. The molecule has 0 saturated heterocycles. The first-order valence-electron chi connectivity index (χ1n) is 10.0. The molecule has 2 amide bonds. The van der Waals surface area contributed by atoms with Crippen molar-refractivity contribution in [2.24, 2.45) is 5.10 Å². The highest BCUT2D eigenvalue weighted by atomic mass is 35.5. The summed E-state index contributed by atoms with van der Waals surface area (Å²) >= 11 is 6.14. The van der Waals surface area contributed by atoms with E-state index in [9.17, 15) is 9.59 Å². The monoisotopic (exact) mass is 465 g/mol. The lowest BCUT2D eigenvalue weighted by Gasteiger charge is -2.08. The molecule has 4 rings (SSSR count). The van der Waals surface area contributed by atoms with E-state index in [4.69, 9.17) is 25.8 Å². The van der Waals surface area contributed by atoms with Crippen LogP contribution in [0.3, 0.4) is 0 Å². The number of carbonyl (C=O) groups is 2. The number of ether oxygens (including phenoxy) is 3. The molecule has 0 aromatic heterocycles. The predicted molar refractivity (Wildman–Crippen MR) is 122 cm³/mol. The van der Waals surface area contributed by atoms with E-state index in [2.05, 4.69) is 15.8 Å². The van der Waals surface area contributed by atoms with Gasteiger partial charge in [-0.2, -0.15) is 5.10 Å². The van der Waals surface area contributed by atoms with Crippen molar-refractivity contribution in [3.05, 3.63) is 88.4 Å². The Balaban J connectivity index is 1.25. The van der Waals surface area contributed by atoms with E-state index in [1.807, 2.05) is 18.2 Å². The van der Waals surface area contributed by atoms with Crippen molar-refractivity contribution >= 4 is 29.6 Å². The maximum atomic E-state index is 12.0. The molecule has 0 fully saturated rings. The van der Waals surface area contributed by atoms with Crippen molar-refractivity contribution < 1.29 is 23.8 Å². The molecule has 0 saturated carbocycles. The maximum Gasteiger partial charge on any atom is 0.329 e. The second-order valence-corrected chi connectivity index (χ2v) is 7.43. The molecule has 33 heavy (non-hydrogen) atoms. The molecular formula is C24H20ClN3O5. The predicted octanol–water partition coefficient (Wildman–Crippen LogP) is 3.41. The van der Waals surface area contributed by atoms with Crippen molar-refractivity contribution in [3.8, 4) is 17.2 Å². The molecular weight excluding hydrogens is 446 g/mol. The summed E-state index contributed by atoms with van der Waals surface area (Å²) in [4.78, 5) is 24.0. The quantitative estimate of drug-likeness (QED) is 0.316. The Kier molecular flexibility index (Phi) is 7.06. The molecule has 1 heterocycles. The van der Waals surface area contributed by atoms with Gasteiger partial charge in [-0.3, -0.25) is 9.59 Å². The van der Waals surface area contributed by atoms with Gasteiger partial charge in [0.1, 0.15) is 12.4 Å². The van der Waals surface area contributed by atoms with Crippen LogP contribution in [0, 0.1) is 0 Å². The molecule has 9 heteroatoms. The summed E-state index contributed by atoms with van der Waals surface area (Å²) in [5.41, 5.74) is 4.54. The lowest BCUT2D eigenvalue weighted by molar-refractivity contribution is -0.139. The number of benzene rings is 3. The van der Waals surface area contributed by atoms with Crippen molar-refractivity contribution in [2.75, 3.05) is 6.79 Å². The lowest BCUT2D eigenvalue weighted by Crippen LogP contribution is -2.37. The Morgan fingerprint density at radius 2 is 1.85 bits per heavy atom. The first-order valence-corrected chi connectivity index (χ1v) is 10.4. The van der Waals surface area contributed by atoms with Gasteiger partial charge in [0.25, 0.3) is 0 Å². The molecule has 3 aromatic rings. The number of amides is 2. The van der Waals surface area contributed by atoms with Crippen LogP contribution in [-0.4, -0.2) is 24.8 Å². The average molecular weight is 466 g/mol. The van der Waals surface area contributed by atoms with E-state index in [-0.39, 0.29) is 13.3 Å². The molecule has 168 valence electrons. The molecule has 0 atom stereocenters. The zero-order valence-corrected chi connectivity index (χ0v) is 18.2. The van der Waals surface area contributed by atoms with Crippen LogP contribution in [0.2, 0.25) is 5.02 Å². The molecule has 0 radical (unpaired) electrons. The minimum atomic E-state index is -0.877. The van der Waals surface area contributed by atoms with E-state index in [0.29, 0.717) is 34.4 Å². The van der Waals surface area contributed by atoms with Gasteiger partial charge >= 0.3 is 11.8 Å². The first-order chi connectivity index (χ1) is 16.1. The summed E-state index contributed by atoms with van der Waals surface area (Å²) in [6, 6.07) is 19.9. The number of halogens is 1. The Labute approximate surface area is 195 Å². The minimum Gasteiger partial charge on any atom is -0.489 e. The fraction of sp³-hybridized carbons (Fsp3) is 0.125. The molecule has 8 nitrogen and oxygen atoms in total. The van der Waals surface area contributed by atoms with Gasteiger partial charge < -0.3 is 19.5 Å². The molecule has 0 spiro atoms. The SMILES string of the molecule is O=C(NCc1ccc2c(c1)OCO2)C(=O)N/N=C\c1cccc(OCc2ccccc2Cl)c1. The van der Waals surface area contributed by atoms with Gasteiger partial charge in [0.2, 0.25) is 6.79 Å². The van der Waals surface area contributed by atoms with Gasteiger partial charge in [-0.15, -0.1) is 0 Å². The number of nitrogens with zero attached hydrogens (tertiary/aromatic N) is 1. The number of rotatable bonds is 7. The average Bonchev–Trinajstić information content (AvgIpc) is 3.30. The largest absolute Gasteiger partial charge is 0.489 e. The van der Waals surface area contributed by atoms with E-state index in [1.165, 1.54) is 6.21 Å². The third-order valence-corrected chi connectivity index (χ3v) is 5.05. The summed E-state index contributed by atoms with van der Waals surface area (Å²) < 4.78 is 16.3. The van der Waals surface area contributed by atoms with Gasteiger partial charge in [0, 0.05) is 17.1 Å². The molecule has 1 aliphatic heterocycles. The van der Waals surface area contributed by atoms with Gasteiger partial charge in [-0.1, -0.05) is 48.0 Å². The standard InChI is InChI=1S/C24H20ClN3O5/c25-20-7-2-1-5-18(20)14-31-19-6-3-4-16(10-19)13-27-28-24(30)23(29)26-12-17-8-9-21-22(11-17)33-15-32-21/h1-11,13H,12,14-15H2,(H,26,29)(H,28,30)/b27-13-. The van der Waals surface area contributed by atoms with Crippen LogP contribution in [0.15, 0.2) is 71.8 Å². The number of hydrogen-bond donors (Lipinski definition) is 2. The van der Waals surface area contributed by atoms with Gasteiger partial charge in [0.15, 0.2) is 11.5 Å². The highest BCUT2D eigenvalue weighted by molar-refractivity contribution is 6.35. The lowest BCUT2D eigenvalue weighted by atomic mass is 10.2. The van der Waals surface area contributed by atoms with Crippen LogP contribution >= 0.6 is 11.6 Å². The summed E-state index contributed by atoms with van der Waals surface area (Å²) in [5, 5.41) is 7.01. The Morgan fingerprint density at radius 1 is 1.00 bits per heavy atom. The Bertz CT molecular complexity index is 1200. The Hall–Kier alpha value is -4.04. The zero-order valence-electron chi connectivity index (χ0n) is 17.4. The van der Waals surface area contributed by atoms with Crippen molar-refractivity contribution in [1.82, 2.24) is 10.7 Å². The van der Waals surface area contributed by atoms with E-state index in [1.54, 1.807) is 48.5 Å². The first kappa shape index (κ1) is 22.2. The number of nitrogens with one attached hydrogen (secondary N) is 2. The fourth-order valence-corrected chi connectivity index (χ4v) is 3.18. The maximum absolute atomic E-state index is 12.0. The van der Waals surface area contributed by atoms with E-state index in [0.717, 1.165) is 11.1 Å². The molecule has 2 N–H and O–H groups in total. The minimum absolute atomic E-state index is 0.164. The van der Waals surface area contributed by atoms with Crippen molar-refractivity contribution in [1.29, 1.82) is 0 Å². The molecule has 0 unspecified atom stereocenters. The molecule has 0 bridgehead atoms. The fourth-order valence-electron chi connectivity index (χ4n) is 2.99. The van der Waals surface area contributed by atoms with Crippen LogP contribution < -0.4 is 25.0 Å². The molecule has 3 aromatic carbocycles. The highest BCUT2D eigenvalue weighted by Gasteiger charge is 2.15. The van der Waals surface area contributed by atoms with Crippen LogP contribution in [0.1, 0.15) is 16.7 Å². The van der Waals surface area contributed by atoms with Gasteiger partial charge in [0.05, 0.1) is 6.21 Å². The summed E-state index contributed by atoms with van der Waals surface area (Å²) in [6.07, 6.45) is 1.42. The van der Waals surface area contributed by atoms with Gasteiger partial charge in [-0.05, 0) is 41.5 Å². The number of fused-ring (bicyclic) bond motifs is 1. The van der Waals surface area contributed by atoms with Crippen LogP contribution in [-0.2, 0) is 22.7 Å². The second-order valence-electron chi connectivity index (χ2n) is 7.02. The summed E-state index contributed by atoms with van der Waals surface area (Å²) in [6.45, 7) is 0.653. The summed E-state index contributed by atoms with van der Waals surface area (Å²) in [5.74, 6) is 0.191. The number of hydrazone groups is 1. The van der Waals surface area contributed by atoms with Gasteiger partial charge in [-0.25, -0.2) is 5.43 Å². The van der Waals surface area contributed by atoms with Crippen LogP contribution in [0.25, 0.3) is 0 Å². The zero-order chi connectivity index (χ0) is 23.0. The van der Waals surface area contributed by atoms with Crippen LogP contribution in [0.4, 0.5) is 0 Å². The third-order valence-electron chi connectivity index (χ3n) is 4.69. The summed E-state index contributed by atoms with van der Waals surface area (Å²) in [7, 11) is 0. The van der Waals surface area contributed by atoms with Crippen molar-refractivity contribution in [2.45, 2.75) is 13.2 Å². The normalized spacial score (nSPS) is 11.9. The van der Waals surface area contributed by atoms with Crippen molar-refractivity contribution in [3.63, 3.8) is 0 Å². The van der Waals surface area contributed by atoms with E-state index >= 15 is 0 Å². The number of hydrogen-bond acceptors (Lipinski definition) is 6. The van der Waals surface area contributed by atoms with Crippen LogP contribution in [0.5, 0.6) is 17.2 Å². The smallest absolute Gasteiger partial charge is 0.329 e. The second kappa shape index (κ2) is 10.5. The van der Waals surface area contributed by atoms with E-state index < -0.39 is 11.8 Å². The number of carbonyl (C=O) groups excluding carboxylic acids is 2.